The van der Waals surface area contributed by atoms with Crippen molar-refractivity contribution in [2.75, 3.05) is 33.4 Å². The maximum absolute atomic E-state index is 13.5. The first-order valence-electron chi connectivity index (χ1n) is 11.3. The molecule has 0 fully saturated rings. The fraction of sp³-hybridized carbons (Fsp3) is 0.560. The topological polar surface area (TPSA) is 62.2 Å². The van der Waals surface area contributed by atoms with Crippen molar-refractivity contribution < 1.29 is 19.4 Å². The van der Waals surface area contributed by atoms with E-state index in [0.717, 1.165) is 30.9 Å². The van der Waals surface area contributed by atoms with Crippen LogP contribution in [0.4, 0.5) is 0 Å². The Bertz CT molecular complexity index is 892. The van der Waals surface area contributed by atoms with E-state index in [1.165, 1.54) is 10.4 Å². The Kier molecular flexibility index (Phi) is 8.20. The zero-order valence-corrected chi connectivity index (χ0v) is 20.7. The van der Waals surface area contributed by atoms with Gasteiger partial charge in [-0.3, -0.25) is 9.69 Å². The third-order valence-corrected chi connectivity index (χ3v) is 7.28. The van der Waals surface area contributed by atoms with Crippen LogP contribution in [-0.4, -0.2) is 65.8 Å². The maximum atomic E-state index is 13.5. The molecule has 0 aliphatic carbocycles. The number of methoxy groups -OCH3 is 1. The maximum Gasteiger partial charge on any atom is 0.237 e. The van der Waals surface area contributed by atoms with Crippen LogP contribution in [0, 0.1) is 0 Å². The summed E-state index contributed by atoms with van der Waals surface area (Å²) < 4.78 is 11.4. The highest BCUT2D eigenvalue weighted by Gasteiger charge is 2.35. The predicted molar refractivity (Wildman–Crippen MR) is 129 cm³/mol. The lowest BCUT2D eigenvalue weighted by Crippen LogP contribution is -2.53. The van der Waals surface area contributed by atoms with E-state index < -0.39 is 5.60 Å². The van der Waals surface area contributed by atoms with Gasteiger partial charge in [-0.1, -0.05) is 13.0 Å². The second-order valence-corrected chi connectivity index (χ2v) is 9.94. The highest BCUT2D eigenvalue weighted by Crippen LogP contribution is 2.34. The van der Waals surface area contributed by atoms with Crippen LogP contribution < -0.4 is 9.47 Å². The molecule has 1 aromatic heterocycles. The molecule has 32 heavy (non-hydrogen) atoms. The first-order chi connectivity index (χ1) is 15.2. The van der Waals surface area contributed by atoms with Gasteiger partial charge in [-0.25, -0.2) is 0 Å². The van der Waals surface area contributed by atoms with Crippen molar-refractivity contribution in [3.8, 4) is 11.5 Å². The monoisotopic (exact) mass is 460 g/mol. The van der Waals surface area contributed by atoms with Crippen molar-refractivity contribution in [2.24, 2.45) is 0 Å². The van der Waals surface area contributed by atoms with Crippen LogP contribution in [0.5, 0.6) is 11.5 Å². The fourth-order valence-corrected chi connectivity index (χ4v) is 5.08. The van der Waals surface area contributed by atoms with Crippen LogP contribution in [0.1, 0.15) is 50.6 Å². The van der Waals surface area contributed by atoms with Crippen LogP contribution in [0.15, 0.2) is 35.7 Å². The predicted octanol–water partition coefficient (Wildman–Crippen LogP) is 4.13. The smallest absolute Gasteiger partial charge is 0.237 e. The summed E-state index contributed by atoms with van der Waals surface area (Å²) in [5.41, 5.74) is 0.294. The fourth-order valence-electron chi connectivity index (χ4n) is 4.15. The van der Waals surface area contributed by atoms with Crippen LogP contribution in [0.3, 0.4) is 0 Å². The molecule has 0 saturated heterocycles. The molecule has 2 aromatic rings. The number of fused-ring (bicyclic) bond motifs is 1. The molecule has 1 amide bonds. The number of rotatable bonds is 10. The average molecular weight is 461 g/mol. The van der Waals surface area contributed by atoms with E-state index in [4.69, 9.17) is 9.47 Å². The molecule has 2 atom stereocenters. The Hall–Kier alpha value is -2.09. The Morgan fingerprint density at radius 3 is 2.78 bits per heavy atom. The number of benzene rings is 1. The lowest BCUT2D eigenvalue weighted by Gasteiger charge is -2.40. The van der Waals surface area contributed by atoms with Crippen molar-refractivity contribution >= 4 is 17.2 Å². The summed E-state index contributed by atoms with van der Waals surface area (Å²) in [6, 6.07) is 9.39. The molecule has 1 N–H and O–H groups in total. The minimum absolute atomic E-state index is 0.0747. The van der Waals surface area contributed by atoms with Gasteiger partial charge in [0.2, 0.25) is 5.91 Å². The van der Waals surface area contributed by atoms with E-state index in [2.05, 4.69) is 23.3 Å². The van der Waals surface area contributed by atoms with E-state index in [-0.39, 0.29) is 24.5 Å². The molecular formula is C25H36N2O4S. The SMILES string of the molecule is CCCN(CC(=O)N1CCc2sccc2C1COc1cccc(OC)c1)C(C)C(C)(C)O. The summed E-state index contributed by atoms with van der Waals surface area (Å²) in [4.78, 5) is 18.9. The van der Waals surface area contributed by atoms with Crippen molar-refractivity contribution in [3.63, 3.8) is 0 Å². The first-order valence-corrected chi connectivity index (χ1v) is 12.2. The van der Waals surface area contributed by atoms with Gasteiger partial charge in [-0.15, -0.1) is 11.3 Å². The molecule has 0 radical (unpaired) electrons. The minimum atomic E-state index is -0.882. The number of amides is 1. The quantitative estimate of drug-likeness (QED) is 0.578. The molecule has 7 heteroatoms. The molecule has 0 spiro atoms. The van der Waals surface area contributed by atoms with Crippen molar-refractivity contribution in [3.05, 3.63) is 46.2 Å². The van der Waals surface area contributed by atoms with Gasteiger partial charge in [0.05, 0.1) is 25.3 Å². The first kappa shape index (κ1) is 24.6. The van der Waals surface area contributed by atoms with Crippen molar-refractivity contribution in [1.29, 1.82) is 0 Å². The third kappa shape index (κ3) is 5.82. The molecular weight excluding hydrogens is 424 g/mol. The normalized spacial score (nSPS) is 17.2. The third-order valence-electron chi connectivity index (χ3n) is 6.28. The van der Waals surface area contributed by atoms with Gasteiger partial charge < -0.3 is 19.5 Å². The van der Waals surface area contributed by atoms with Crippen molar-refractivity contribution in [2.45, 2.75) is 58.2 Å². The number of thiophene rings is 1. The molecule has 176 valence electrons. The molecule has 0 bridgehead atoms. The van der Waals surface area contributed by atoms with E-state index in [9.17, 15) is 9.90 Å². The van der Waals surface area contributed by atoms with Gasteiger partial charge in [0.1, 0.15) is 18.1 Å². The van der Waals surface area contributed by atoms with E-state index in [0.29, 0.717) is 13.2 Å². The summed E-state index contributed by atoms with van der Waals surface area (Å²) in [7, 11) is 1.63. The molecule has 2 unspecified atom stereocenters. The summed E-state index contributed by atoms with van der Waals surface area (Å²) >= 11 is 1.74. The number of nitrogens with zero attached hydrogens (tertiary/aromatic N) is 2. The molecule has 1 aromatic carbocycles. The van der Waals surface area contributed by atoms with Crippen molar-refractivity contribution in [1.82, 2.24) is 9.80 Å². The van der Waals surface area contributed by atoms with Gasteiger partial charge in [-0.05, 0) is 69.3 Å². The number of carbonyl (C=O) groups is 1. The van der Waals surface area contributed by atoms with E-state index >= 15 is 0 Å². The number of aliphatic hydroxyl groups is 1. The Morgan fingerprint density at radius 1 is 1.34 bits per heavy atom. The van der Waals surface area contributed by atoms with Crippen LogP contribution in [0.25, 0.3) is 0 Å². The van der Waals surface area contributed by atoms with Gasteiger partial charge in [0.25, 0.3) is 0 Å². The minimum Gasteiger partial charge on any atom is -0.497 e. The zero-order valence-electron chi connectivity index (χ0n) is 19.8. The second kappa shape index (κ2) is 10.7. The molecule has 3 rings (SSSR count). The molecule has 1 aliphatic rings. The van der Waals surface area contributed by atoms with Gasteiger partial charge in [0.15, 0.2) is 0 Å². The zero-order chi connectivity index (χ0) is 23.3. The standard InChI is InChI=1S/C25H36N2O4S/c1-6-12-26(18(2)25(3,4)29)16-24(28)27-13-10-23-21(11-14-32-23)22(27)17-31-20-9-7-8-19(15-20)30-5/h7-9,11,14-15,18,22,29H,6,10,12-13,16-17H2,1-5H3. The highest BCUT2D eigenvalue weighted by molar-refractivity contribution is 7.10. The van der Waals surface area contributed by atoms with Gasteiger partial charge in [-0.2, -0.15) is 0 Å². The number of hydrogen-bond acceptors (Lipinski definition) is 6. The Morgan fingerprint density at radius 2 is 2.09 bits per heavy atom. The summed E-state index contributed by atoms with van der Waals surface area (Å²) in [6.07, 6.45) is 1.79. The summed E-state index contributed by atoms with van der Waals surface area (Å²) in [5.74, 6) is 1.54. The Balaban J connectivity index is 1.77. The van der Waals surface area contributed by atoms with E-state index in [1.54, 1.807) is 32.3 Å². The van der Waals surface area contributed by atoms with Gasteiger partial charge in [0, 0.05) is 23.5 Å². The highest BCUT2D eigenvalue weighted by atomic mass is 32.1. The molecule has 0 saturated carbocycles. The lowest BCUT2D eigenvalue weighted by molar-refractivity contribution is -0.138. The second-order valence-electron chi connectivity index (χ2n) is 8.94. The molecule has 6 nitrogen and oxygen atoms in total. The summed E-state index contributed by atoms with van der Waals surface area (Å²) in [5, 5.41) is 12.6. The average Bonchev–Trinajstić information content (AvgIpc) is 3.25. The Labute approximate surface area is 195 Å². The van der Waals surface area contributed by atoms with Crippen LogP contribution in [-0.2, 0) is 11.2 Å². The molecule has 1 aliphatic heterocycles. The van der Waals surface area contributed by atoms with Crippen LogP contribution in [0.2, 0.25) is 0 Å². The van der Waals surface area contributed by atoms with E-state index in [1.807, 2.05) is 36.1 Å². The molecule has 2 heterocycles. The number of carbonyl (C=O) groups excluding carboxylic acids is 1. The van der Waals surface area contributed by atoms with Gasteiger partial charge >= 0.3 is 0 Å². The largest absolute Gasteiger partial charge is 0.497 e. The number of hydrogen-bond donors (Lipinski definition) is 1. The number of ether oxygens (including phenoxy) is 2. The summed E-state index contributed by atoms with van der Waals surface area (Å²) in [6.45, 7) is 9.79. The lowest BCUT2D eigenvalue weighted by atomic mass is 9.98. The van der Waals surface area contributed by atoms with Crippen LogP contribution >= 0.6 is 11.3 Å².